The number of thiophene rings is 1. The number of hydrogen-bond acceptors (Lipinski definition) is 6. The van der Waals surface area contributed by atoms with Crippen molar-refractivity contribution in [3.05, 3.63) is 70.6 Å². The minimum atomic E-state index is -3.56. The van der Waals surface area contributed by atoms with E-state index in [0.717, 1.165) is 21.3 Å². The number of aromatic nitrogens is 2. The van der Waals surface area contributed by atoms with Crippen molar-refractivity contribution >= 4 is 49.7 Å². The number of hydrogen-bond donors (Lipinski definition) is 2. The third-order valence-electron chi connectivity index (χ3n) is 4.44. The maximum absolute atomic E-state index is 12.4. The zero-order valence-corrected chi connectivity index (χ0v) is 18.5. The van der Waals surface area contributed by atoms with Gasteiger partial charge in [0.25, 0.3) is 0 Å². The first kappa shape index (κ1) is 20.7. The lowest BCUT2D eigenvalue weighted by atomic mass is 10.2. The maximum Gasteiger partial charge on any atom is 0.240 e. The minimum Gasteiger partial charge on any atom is -0.368 e. The molecule has 0 fully saturated rings. The molecule has 4 rings (SSSR count). The smallest absolute Gasteiger partial charge is 0.240 e. The van der Waals surface area contributed by atoms with E-state index in [4.69, 9.17) is 11.6 Å². The summed E-state index contributed by atoms with van der Waals surface area (Å²) in [5.41, 5.74) is 1.73. The van der Waals surface area contributed by atoms with Crippen molar-refractivity contribution in [1.82, 2.24) is 14.7 Å². The van der Waals surface area contributed by atoms with Crippen molar-refractivity contribution in [3.8, 4) is 10.7 Å². The Balaban J connectivity index is 1.51. The van der Waals surface area contributed by atoms with Crippen LogP contribution in [0.1, 0.15) is 5.56 Å². The molecule has 0 saturated carbocycles. The van der Waals surface area contributed by atoms with Crippen LogP contribution in [0.4, 0.5) is 5.82 Å². The van der Waals surface area contributed by atoms with Crippen LogP contribution in [-0.4, -0.2) is 31.5 Å². The molecule has 4 aromatic rings. The van der Waals surface area contributed by atoms with E-state index < -0.39 is 10.0 Å². The Labute approximate surface area is 184 Å². The second-order valence-electron chi connectivity index (χ2n) is 6.67. The number of nitrogens with one attached hydrogen (secondary N) is 2. The molecule has 9 heteroatoms. The van der Waals surface area contributed by atoms with Crippen LogP contribution in [0.5, 0.6) is 0 Å². The van der Waals surface area contributed by atoms with Crippen LogP contribution in [0, 0.1) is 6.92 Å². The van der Waals surface area contributed by atoms with Crippen molar-refractivity contribution in [1.29, 1.82) is 0 Å². The summed E-state index contributed by atoms with van der Waals surface area (Å²) in [6.07, 6.45) is 0. The van der Waals surface area contributed by atoms with E-state index in [1.165, 1.54) is 0 Å². The molecule has 0 amide bonds. The van der Waals surface area contributed by atoms with E-state index in [-0.39, 0.29) is 11.4 Å². The second-order valence-corrected chi connectivity index (χ2v) is 9.82. The Morgan fingerprint density at radius 3 is 2.57 bits per heavy atom. The molecule has 2 N–H and O–H groups in total. The molecule has 0 spiro atoms. The summed E-state index contributed by atoms with van der Waals surface area (Å²) in [5, 5.41) is 6.61. The normalized spacial score (nSPS) is 11.7. The molecule has 0 aliphatic carbocycles. The standard InChI is InChI=1S/C21H19ClN4O2S2/c1-14-4-7-16(8-5-14)30(27,28)24-11-10-23-20-17-9-6-15(22)13-18(17)25-21(26-20)19-3-2-12-29-19/h2-9,12-13,24H,10-11H2,1H3,(H,23,25,26). The molecular weight excluding hydrogens is 440 g/mol. The van der Waals surface area contributed by atoms with E-state index >= 15 is 0 Å². The van der Waals surface area contributed by atoms with E-state index in [2.05, 4.69) is 20.0 Å². The second kappa shape index (κ2) is 8.69. The van der Waals surface area contributed by atoms with Gasteiger partial charge in [-0.15, -0.1) is 11.3 Å². The average molecular weight is 459 g/mol. The summed E-state index contributed by atoms with van der Waals surface area (Å²) < 4.78 is 27.5. The van der Waals surface area contributed by atoms with E-state index in [1.807, 2.05) is 30.5 Å². The van der Waals surface area contributed by atoms with Crippen molar-refractivity contribution < 1.29 is 8.42 Å². The van der Waals surface area contributed by atoms with Crippen LogP contribution < -0.4 is 10.0 Å². The number of aryl methyl sites for hydroxylation is 1. The monoisotopic (exact) mass is 458 g/mol. The highest BCUT2D eigenvalue weighted by atomic mass is 35.5. The summed E-state index contributed by atoms with van der Waals surface area (Å²) in [6, 6.07) is 16.1. The molecule has 0 aliphatic rings. The third kappa shape index (κ3) is 4.62. The van der Waals surface area contributed by atoms with Crippen molar-refractivity contribution in [2.75, 3.05) is 18.4 Å². The predicted octanol–water partition coefficient (Wildman–Crippen LogP) is 4.71. The van der Waals surface area contributed by atoms with Gasteiger partial charge in [-0.3, -0.25) is 0 Å². The highest BCUT2D eigenvalue weighted by Crippen LogP contribution is 2.28. The summed E-state index contributed by atoms with van der Waals surface area (Å²) in [4.78, 5) is 10.4. The van der Waals surface area contributed by atoms with Gasteiger partial charge >= 0.3 is 0 Å². The molecule has 2 aromatic carbocycles. The molecule has 0 unspecified atom stereocenters. The fourth-order valence-corrected chi connectivity index (χ4v) is 4.78. The number of halogens is 1. The lowest BCUT2D eigenvalue weighted by Gasteiger charge is -2.12. The van der Waals surface area contributed by atoms with Gasteiger partial charge < -0.3 is 5.32 Å². The van der Waals surface area contributed by atoms with Crippen LogP contribution in [0.3, 0.4) is 0 Å². The van der Waals surface area contributed by atoms with Gasteiger partial charge in [-0.1, -0.05) is 35.4 Å². The molecule has 6 nitrogen and oxygen atoms in total. The van der Waals surface area contributed by atoms with E-state index in [1.54, 1.807) is 47.7 Å². The first-order valence-electron chi connectivity index (χ1n) is 9.24. The van der Waals surface area contributed by atoms with Gasteiger partial charge in [0, 0.05) is 23.5 Å². The SMILES string of the molecule is Cc1ccc(S(=O)(=O)NCCNc2nc(-c3cccs3)nc3cc(Cl)ccc23)cc1. The highest BCUT2D eigenvalue weighted by molar-refractivity contribution is 7.89. The van der Waals surface area contributed by atoms with Gasteiger partial charge in [0.05, 0.1) is 15.3 Å². The number of nitrogens with zero attached hydrogens (tertiary/aromatic N) is 2. The number of anilines is 1. The number of sulfonamides is 1. The first-order valence-corrected chi connectivity index (χ1v) is 12.0. The predicted molar refractivity (Wildman–Crippen MR) is 123 cm³/mol. The fourth-order valence-electron chi connectivity index (χ4n) is 2.92. The molecule has 0 saturated heterocycles. The topological polar surface area (TPSA) is 84.0 Å². The van der Waals surface area contributed by atoms with Gasteiger partial charge in [0.2, 0.25) is 10.0 Å². The molecule has 0 bridgehead atoms. The molecule has 2 heterocycles. The fraction of sp³-hybridized carbons (Fsp3) is 0.143. The molecule has 0 atom stereocenters. The Hall–Kier alpha value is -2.52. The van der Waals surface area contributed by atoms with Gasteiger partial charge in [0.15, 0.2) is 5.82 Å². The van der Waals surface area contributed by atoms with Crippen LogP contribution in [0.15, 0.2) is 64.9 Å². The summed E-state index contributed by atoms with van der Waals surface area (Å²) in [5.74, 6) is 1.23. The van der Waals surface area contributed by atoms with E-state index in [9.17, 15) is 8.42 Å². The Kier molecular flexibility index (Phi) is 6.01. The summed E-state index contributed by atoms with van der Waals surface area (Å²) in [6.45, 7) is 2.49. The number of fused-ring (bicyclic) bond motifs is 1. The summed E-state index contributed by atoms with van der Waals surface area (Å²) in [7, 11) is -3.56. The average Bonchev–Trinajstić information content (AvgIpc) is 3.26. The van der Waals surface area contributed by atoms with E-state index in [0.29, 0.717) is 23.2 Å². The van der Waals surface area contributed by atoms with Gasteiger partial charge in [-0.2, -0.15) is 0 Å². The van der Waals surface area contributed by atoms with Crippen LogP contribution in [0.2, 0.25) is 5.02 Å². The summed E-state index contributed by atoms with van der Waals surface area (Å²) >= 11 is 7.69. The third-order valence-corrected chi connectivity index (χ3v) is 7.02. The highest BCUT2D eigenvalue weighted by Gasteiger charge is 2.14. The zero-order chi connectivity index (χ0) is 21.1. The maximum atomic E-state index is 12.4. The van der Waals surface area contributed by atoms with Crippen molar-refractivity contribution in [2.24, 2.45) is 0 Å². The quantitative estimate of drug-likeness (QED) is 0.392. The van der Waals surface area contributed by atoms with Gasteiger partial charge in [-0.25, -0.2) is 23.1 Å². The largest absolute Gasteiger partial charge is 0.368 e. The molecule has 2 aromatic heterocycles. The minimum absolute atomic E-state index is 0.212. The number of benzene rings is 2. The zero-order valence-electron chi connectivity index (χ0n) is 16.1. The van der Waals surface area contributed by atoms with Gasteiger partial charge in [0.1, 0.15) is 5.82 Å². The van der Waals surface area contributed by atoms with Crippen LogP contribution in [0.25, 0.3) is 21.6 Å². The van der Waals surface area contributed by atoms with Crippen LogP contribution >= 0.6 is 22.9 Å². The molecule has 0 aliphatic heterocycles. The lowest BCUT2D eigenvalue weighted by Crippen LogP contribution is -2.29. The van der Waals surface area contributed by atoms with Crippen molar-refractivity contribution in [3.63, 3.8) is 0 Å². The molecule has 30 heavy (non-hydrogen) atoms. The Morgan fingerprint density at radius 1 is 1.03 bits per heavy atom. The lowest BCUT2D eigenvalue weighted by molar-refractivity contribution is 0.583. The number of rotatable bonds is 7. The van der Waals surface area contributed by atoms with Crippen molar-refractivity contribution in [2.45, 2.75) is 11.8 Å². The van der Waals surface area contributed by atoms with Crippen LogP contribution in [-0.2, 0) is 10.0 Å². The molecule has 0 radical (unpaired) electrons. The first-order chi connectivity index (χ1) is 14.4. The molecular formula is C21H19ClN4O2S2. The Morgan fingerprint density at radius 2 is 1.83 bits per heavy atom. The van der Waals surface area contributed by atoms with Gasteiger partial charge in [-0.05, 0) is 48.7 Å². The Bertz CT molecular complexity index is 1270. The molecule has 154 valence electrons.